The molecule has 2 heterocycles. The molecule has 0 aliphatic heterocycles. The van der Waals surface area contributed by atoms with E-state index in [0.29, 0.717) is 0 Å². The lowest BCUT2D eigenvalue weighted by atomic mass is 9.98. The van der Waals surface area contributed by atoms with Gasteiger partial charge in [-0.3, -0.25) is 4.98 Å². The fourth-order valence-electron chi connectivity index (χ4n) is 4.46. The first-order valence-electron chi connectivity index (χ1n) is 11.7. The molecule has 6 aromatic rings. The summed E-state index contributed by atoms with van der Waals surface area (Å²) in [6.07, 6.45) is 1.81. The van der Waals surface area contributed by atoms with Crippen LogP contribution in [0, 0.1) is 0 Å². The Morgan fingerprint density at radius 3 is 1.74 bits per heavy atom. The summed E-state index contributed by atoms with van der Waals surface area (Å²) in [7, 11) is 0. The molecule has 0 aliphatic rings. The highest BCUT2D eigenvalue weighted by Gasteiger charge is 2.16. The largest absolute Gasteiger partial charge is 0.310 e. The van der Waals surface area contributed by atoms with E-state index in [2.05, 4.69) is 107 Å². The molecule has 0 saturated carbocycles. The monoisotopic (exact) mass is 449 g/mol. The molecule has 35 heavy (non-hydrogen) atoms. The van der Waals surface area contributed by atoms with E-state index in [1.54, 1.807) is 0 Å². The van der Waals surface area contributed by atoms with Crippen LogP contribution in [0.1, 0.15) is 0 Å². The van der Waals surface area contributed by atoms with Gasteiger partial charge in [-0.25, -0.2) is 4.98 Å². The number of aromatic nitrogens is 2. The first-order valence-corrected chi connectivity index (χ1v) is 11.7. The predicted molar refractivity (Wildman–Crippen MR) is 145 cm³/mol. The van der Waals surface area contributed by atoms with E-state index in [1.165, 1.54) is 0 Å². The van der Waals surface area contributed by atoms with Gasteiger partial charge in [0.25, 0.3) is 0 Å². The Kier molecular flexibility index (Phi) is 5.50. The van der Waals surface area contributed by atoms with E-state index in [4.69, 9.17) is 4.98 Å². The van der Waals surface area contributed by atoms with Crippen molar-refractivity contribution in [2.45, 2.75) is 0 Å². The van der Waals surface area contributed by atoms with Crippen LogP contribution >= 0.6 is 0 Å². The second-order valence-electron chi connectivity index (χ2n) is 8.34. The molecular weight excluding hydrogens is 426 g/mol. The molecule has 0 saturated heterocycles. The minimum Gasteiger partial charge on any atom is -0.310 e. The highest BCUT2D eigenvalue weighted by atomic mass is 15.1. The van der Waals surface area contributed by atoms with E-state index in [0.717, 1.165) is 50.5 Å². The Morgan fingerprint density at radius 2 is 1.11 bits per heavy atom. The van der Waals surface area contributed by atoms with Crippen molar-refractivity contribution in [3.05, 3.63) is 140 Å². The van der Waals surface area contributed by atoms with E-state index < -0.39 is 0 Å². The van der Waals surface area contributed by atoms with Gasteiger partial charge in [-0.15, -0.1) is 0 Å². The average Bonchev–Trinajstić information content (AvgIpc) is 2.95. The van der Waals surface area contributed by atoms with Gasteiger partial charge in [0.1, 0.15) is 0 Å². The molecule has 0 fully saturated rings. The van der Waals surface area contributed by atoms with E-state index >= 15 is 0 Å². The van der Waals surface area contributed by atoms with Crippen molar-refractivity contribution in [1.29, 1.82) is 0 Å². The molecule has 3 nitrogen and oxygen atoms in total. The summed E-state index contributed by atoms with van der Waals surface area (Å²) < 4.78 is 0. The number of rotatable bonds is 5. The molecule has 0 bridgehead atoms. The van der Waals surface area contributed by atoms with Crippen LogP contribution in [0.2, 0.25) is 0 Å². The topological polar surface area (TPSA) is 29.0 Å². The number of fused-ring (bicyclic) bond motifs is 1. The Morgan fingerprint density at radius 1 is 0.486 bits per heavy atom. The number of hydrogen-bond donors (Lipinski definition) is 0. The zero-order chi connectivity index (χ0) is 23.5. The number of para-hydroxylation sites is 2. The smallest absolute Gasteiger partial charge is 0.0900 e. The van der Waals surface area contributed by atoms with Crippen LogP contribution in [0.3, 0.4) is 0 Å². The molecule has 0 unspecified atom stereocenters. The van der Waals surface area contributed by atoms with E-state index in [1.807, 2.05) is 42.6 Å². The first kappa shape index (κ1) is 20.8. The normalized spacial score (nSPS) is 10.9. The van der Waals surface area contributed by atoms with Crippen LogP contribution in [-0.4, -0.2) is 9.97 Å². The zero-order valence-corrected chi connectivity index (χ0v) is 19.1. The molecule has 0 radical (unpaired) electrons. The van der Waals surface area contributed by atoms with Crippen LogP contribution in [0.4, 0.5) is 17.1 Å². The van der Waals surface area contributed by atoms with Gasteiger partial charge in [-0.1, -0.05) is 72.8 Å². The lowest BCUT2D eigenvalue weighted by molar-refractivity contribution is 1.27. The molecule has 6 rings (SSSR count). The summed E-state index contributed by atoms with van der Waals surface area (Å²) in [6.45, 7) is 0. The molecular formula is C32H23N3. The van der Waals surface area contributed by atoms with Crippen LogP contribution in [0.25, 0.3) is 33.4 Å². The van der Waals surface area contributed by atoms with Crippen molar-refractivity contribution in [3.8, 4) is 22.5 Å². The summed E-state index contributed by atoms with van der Waals surface area (Å²) in [5.74, 6) is 0. The molecule has 4 aromatic carbocycles. The summed E-state index contributed by atoms with van der Waals surface area (Å²) in [4.78, 5) is 11.8. The summed E-state index contributed by atoms with van der Waals surface area (Å²) >= 11 is 0. The fraction of sp³-hybridized carbons (Fsp3) is 0. The standard InChI is InChI=1S/C32H23N3/c1-4-12-24(13-5-1)28-23-32(31-18-10-11-21-33-31)34-30-20-19-27(22-29(28)30)35(25-14-6-2-7-15-25)26-16-8-3-9-17-26/h1-23H. The summed E-state index contributed by atoms with van der Waals surface area (Å²) in [5, 5.41) is 1.10. The van der Waals surface area contributed by atoms with Crippen LogP contribution in [0.5, 0.6) is 0 Å². The number of hydrogen-bond acceptors (Lipinski definition) is 3. The van der Waals surface area contributed by atoms with Gasteiger partial charge in [-0.2, -0.15) is 0 Å². The Bertz CT molecular complexity index is 1530. The molecule has 0 atom stereocenters. The van der Waals surface area contributed by atoms with Crippen molar-refractivity contribution < 1.29 is 0 Å². The van der Waals surface area contributed by atoms with Crippen molar-refractivity contribution in [2.24, 2.45) is 0 Å². The third-order valence-corrected chi connectivity index (χ3v) is 6.09. The number of pyridine rings is 2. The third-order valence-electron chi connectivity index (χ3n) is 6.09. The van der Waals surface area contributed by atoms with Gasteiger partial charge in [0, 0.05) is 28.6 Å². The maximum absolute atomic E-state index is 5.00. The SMILES string of the molecule is c1ccc(-c2cc(-c3ccccn3)nc3ccc(N(c4ccccc4)c4ccccc4)cc23)cc1. The molecule has 0 amide bonds. The average molecular weight is 450 g/mol. The van der Waals surface area contributed by atoms with Crippen molar-refractivity contribution in [3.63, 3.8) is 0 Å². The lowest BCUT2D eigenvalue weighted by Crippen LogP contribution is -2.09. The van der Waals surface area contributed by atoms with Gasteiger partial charge < -0.3 is 4.90 Å². The highest BCUT2D eigenvalue weighted by molar-refractivity contribution is 5.99. The second kappa shape index (κ2) is 9.24. The minimum atomic E-state index is 0.867. The molecule has 166 valence electrons. The first-order chi connectivity index (χ1) is 17.4. The highest BCUT2D eigenvalue weighted by Crippen LogP contribution is 2.38. The molecule has 0 spiro atoms. The quantitative estimate of drug-likeness (QED) is 0.264. The summed E-state index contributed by atoms with van der Waals surface area (Å²) in [6, 6.07) is 46.0. The van der Waals surface area contributed by atoms with Crippen LogP contribution in [0.15, 0.2) is 140 Å². The van der Waals surface area contributed by atoms with Gasteiger partial charge in [0.2, 0.25) is 0 Å². The van der Waals surface area contributed by atoms with Gasteiger partial charge in [-0.05, 0) is 71.8 Å². The number of anilines is 3. The predicted octanol–water partition coefficient (Wildman–Crippen LogP) is 8.43. The minimum absolute atomic E-state index is 0.867. The Labute approximate surface area is 205 Å². The second-order valence-corrected chi connectivity index (χ2v) is 8.34. The maximum Gasteiger partial charge on any atom is 0.0900 e. The molecule has 0 N–H and O–H groups in total. The van der Waals surface area contributed by atoms with Gasteiger partial charge in [0.15, 0.2) is 0 Å². The van der Waals surface area contributed by atoms with Crippen LogP contribution < -0.4 is 4.90 Å². The van der Waals surface area contributed by atoms with Gasteiger partial charge in [0.05, 0.1) is 16.9 Å². The van der Waals surface area contributed by atoms with Crippen molar-refractivity contribution in [1.82, 2.24) is 9.97 Å². The third kappa shape index (κ3) is 4.16. The number of nitrogens with zero attached hydrogens (tertiary/aromatic N) is 3. The lowest BCUT2D eigenvalue weighted by Gasteiger charge is -2.26. The van der Waals surface area contributed by atoms with E-state index in [9.17, 15) is 0 Å². The Hall–Kier alpha value is -4.76. The zero-order valence-electron chi connectivity index (χ0n) is 19.1. The molecule has 2 aromatic heterocycles. The van der Waals surface area contributed by atoms with Crippen molar-refractivity contribution >= 4 is 28.0 Å². The maximum atomic E-state index is 5.00. The van der Waals surface area contributed by atoms with Gasteiger partial charge >= 0.3 is 0 Å². The Balaban J connectivity index is 1.59. The summed E-state index contributed by atoms with van der Waals surface area (Å²) in [5.41, 5.74) is 8.27. The van der Waals surface area contributed by atoms with E-state index in [-0.39, 0.29) is 0 Å². The molecule has 3 heteroatoms. The van der Waals surface area contributed by atoms with Crippen molar-refractivity contribution in [2.75, 3.05) is 4.90 Å². The number of benzene rings is 4. The van der Waals surface area contributed by atoms with Crippen LogP contribution in [-0.2, 0) is 0 Å². The fourth-order valence-corrected chi connectivity index (χ4v) is 4.46. The molecule has 0 aliphatic carbocycles.